The van der Waals surface area contributed by atoms with Gasteiger partial charge in [0.2, 0.25) is 17.6 Å². The van der Waals surface area contributed by atoms with Crippen LogP contribution in [0.4, 0.5) is 14.7 Å². The molecule has 0 amide bonds. The molecule has 1 aliphatic carbocycles. The van der Waals surface area contributed by atoms with E-state index in [9.17, 15) is 13.9 Å². The Morgan fingerprint density at radius 1 is 1.28 bits per heavy atom. The van der Waals surface area contributed by atoms with Gasteiger partial charge in [-0.3, -0.25) is 4.40 Å². The molecule has 4 heterocycles. The van der Waals surface area contributed by atoms with Gasteiger partial charge in [0.1, 0.15) is 5.52 Å². The van der Waals surface area contributed by atoms with Gasteiger partial charge in [-0.05, 0) is 38.7 Å². The Labute approximate surface area is 182 Å². The first kappa shape index (κ1) is 20.6. The summed E-state index contributed by atoms with van der Waals surface area (Å²) in [7, 11) is 0. The lowest BCUT2D eigenvalue weighted by molar-refractivity contribution is 0.0195. The largest absolute Gasteiger partial charge is 0.470 e. The summed E-state index contributed by atoms with van der Waals surface area (Å²) < 4.78 is 34.6. The highest BCUT2D eigenvalue weighted by atomic mass is 19.3. The van der Waals surface area contributed by atoms with Gasteiger partial charge in [0, 0.05) is 48.2 Å². The molecule has 2 N–H and O–H groups in total. The van der Waals surface area contributed by atoms with Gasteiger partial charge in [-0.15, -0.1) is 5.10 Å². The highest BCUT2D eigenvalue weighted by Gasteiger charge is 2.29. The molecule has 0 aromatic carbocycles. The van der Waals surface area contributed by atoms with Crippen LogP contribution in [0.3, 0.4) is 0 Å². The van der Waals surface area contributed by atoms with Gasteiger partial charge in [0.05, 0.1) is 5.60 Å². The molecular weight excluding hydrogens is 420 g/mol. The summed E-state index contributed by atoms with van der Waals surface area (Å²) in [6.07, 6.45) is 8.88. The van der Waals surface area contributed by atoms with E-state index in [0.717, 1.165) is 18.4 Å². The fourth-order valence-electron chi connectivity index (χ4n) is 4.05. The number of ether oxygens (including phenoxy) is 1. The standard InChI is InChI=1S/C21H23F2N7O2/c1-21(31)5-2-14(3-6-21)26-19-27-18(32-12-16(22)23)17-15(4-8-30(17)28-19)13-10-25-20-24-7-9-29(20)11-13/h4,7-11,14,16,31H,2-3,5-6,12H2,1H3,(H,26,28)/t14-,21+. The van der Waals surface area contributed by atoms with Crippen molar-refractivity contribution >= 4 is 17.2 Å². The highest BCUT2D eigenvalue weighted by molar-refractivity contribution is 5.84. The van der Waals surface area contributed by atoms with Gasteiger partial charge in [-0.2, -0.15) is 4.98 Å². The maximum absolute atomic E-state index is 12.9. The van der Waals surface area contributed by atoms with Crippen LogP contribution in [-0.4, -0.2) is 58.7 Å². The number of hydrogen-bond acceptors (Lipinski definition) is 7. The molecule has 0 aliphatic heterocycles. The van der Waals surface area contributed by atoms with Gasteiger partial charge in [0.15, 0.2) is 6.61 Å². The third kappa shape index (κ3) is 4.07. The molecule has 0 radical (unpaired) electrons. The minimum Gasteiger partial charge on any atom is -0.470 e. The fraction of sp³-hybridized carbons (Fsp3) is 0.429. The Bertz CT molecular complexity index is 1240. The fourth-order valence-corrected chi connectivity index (χ4v) is 4.05. The van der Waals surface area contributed by atoms with Gasteiger partial charge in [0.25, 0.3) is 6.43 Å². The summed E-state index contributed by atoms with van der Waals surface area (Å²) in [5.74, 6) is 0.913. The lowest BCUT2D eigenvalue weighted by Gasteiger charge is -2.33. The quantitative estimate of drug-likeness (QED) is 0.472. The maximum Gasteiger partial charge on any atom is 0.272 e. The number of fused-ring (bicyclic) bond motifs is 2. The molecule has 9 nitrogen and oxygen atoms in total. The number of hydrogen-bond donors (Lipinski definition) is 2. The molecule has 1 fully saturated rings. The van der Waals surface area contributed by atoms with E-state index in [1.165, 1.54) is 0 Å². The van der Waals surface area contributed by atoms with Crippen LogP contribution in [0.1, 0.15) is 32.6 Å². The van der Waals surface area contributed by atoms with Crippen molar-refractivity contribution in [3.8, 4) is 17.0 Å². The predicted octanol–water partition coefficient (Wildman–Crippen LogP) is 3.19. The van der Waals surface area contributed by atoms with E-state index in [-0.39, 0.29) is 11.9 Å². The smallest absolute Gasteiger partial charge is 0.272 e. The average molecular weight is 443 g/mol. The van der Waals surface area contributed by atoms with Gasteiger partial charge in [-0.1, -0.05) is 0 Å². The first-order chi connectivity index (χ1) is 15.4. The second-order valence-corrected chi connectivity index (χ2v) is 8.36. The summed E-state index contributed by atoms with van der Waals surface area (Å²) in [6.45, 7) is 1.06. The van der Waals surface area contributed by atoms with Crippen molar-refractivity contribution in [3.05, 3.63) is 37.1 Å². The van der Waals surface area contributed by atoms with Crippen LogP contribution < -0.4 is 10.1 Å². The number of halogens is 2. The zero-order valence-electron chi connectivity index (χ0n) is 17.4. The Kier molecular flexibility index (Phi) is 5.12. The lowest BCUT2D eigenvalue weighted by atomic mass is 9.84. The van der Waals surface area contributed by atoms with Gasteiger partial charge < -0.3 is 15.2 Å². The summed E-state index contributed by atoms with van der Waals surface area (Å²) in [5, 5.41) is 17.9. The van der Waals surface area contributed by atoms with E-state index in [1.807, 2.05) is 19.2 Å². The lowest BCUT2D eigenvalue weighted by Crippen LogP contribution is -2.36. The molecule has 1 saturated carbocycles. The van der Waals surface area contributed by atoms with E-state index in [1.54, 1.807) is 33.7 Å². The van der Waals surface area contributed by atoms with E-state index >= 15 is 0 Å². The van der Waals surface area contributed by atoms with Crippen molar-refractivity contribution in [1.82, 2.24) is 29.0 Å². The number of rotatable bonds is 6. The summed E-state index contributed by atoms with van der Waals surface area (Å²) in [4.78, 5) is 12.9. The van der Waals surface area contributed by atoms with Gasteiger partial charge in [-0.25, -0.2) is 23.3 Å². The molecular formula is C21H23F2N7O2. The molecule has 168 valence electrons. The second kappa shape index (κ2) is 7.97. The molecule has 4 aromatic rings. The molecule has 0 saturated heterocycles. The second-order valence-electron chi connectivity index (χ2n) is 8.36. The average Bonchev–Trinajstić information content (AvgIpc) is 3.40. The molecule has 0 spiro atoms. The van der Waals surface area contributed by atoms with E-state index in [4.69, 9.17) is 4.74 Å². The number of aliphatic hydroxyl groups is 1. The number of nitrogens with zero attached hydrogens (tertiary/aromatic N) is 6. The molecule has 5 rings (SSSR count). The summed E-state index contributed by atoms with van der Waals surface area (Å²) in [6, 6.07) is 1.90. The zero-order valence-corrected chi connectivity index (χ0v) is 17.4. The van der Waals surface area contributed by atoms with Crippen LogP contribution in [-0.2, 0) is 0 Å². The van der Waals surface area contributed by atoms with Crippen LogP contribution >= 0.6 is 0 Å². The zero-order chi connectivity index (χ0) is 22.3. The Morgan fingerprint density at radius 2 is 2.09 bits per heavy atom. The van der Waals surface area contributed by atoms with E-state index < -0.39 is 18.6 Å². The van der Waals surface area contributed by atoms with E-state index in [2.05, 4.69) is 25.4 Å². The molecule has 0 atom stereocenters. The molecule has 32 heavy (non-hydrogen) atoms. The van der Waals surface area contributed by atoms with Crippen molar-refractivity contribution in [2.75, 3.05) is 11.9 Å². The van der Waals surface area contributed by atoms with Crippen LogP contribution in [0.5, 0.6) is 5.88 Å². The normalized spacial score (nSPS) is 21.5. The minimum absolute atomic E-state index is 0.0661. The Hall–Kier alpha value is -3.34. The van der Waals surface area contributed by atoms with Crippen LogP contribution in [0, 0.1) is 0 Å². The first-order valence-electron chi connectivity index (χ1n) is 10.5. The third-order valence-electron chi connectivity index (χ3n) is 5.78. The molecule has 4 aromatic heterocycles. The monoisotopic (exact) mass is 443 g/mol. The third-order valence-corrected chi connectivity index (χ3v) is 5.78. The Balaban J connectivity index is 1.51. The number of imidazole rings is 1. The van der Waals surface area contributed by atoms with Crippen molar-refractivity contribution < 1.29 is 18.6 Å². The van der Waals surface area contributed by atoms with Crippen molar-refractivity contribution in [2.45, 2.75) is 50.7 Å². The molecule has 0 unspecified atom stereocenters. The SMILES string of the molecule is C[C@]1(O)CC[C@@H](Nc2nc(OCC(F)F)c3c(-c4cnc5nccn5c4)ccn3n2)CC1. The van der Waals surface area contributed by atoms with E-state index in [0.29, 0.717) is 35.6 Å². The van der Waals surface area contributed by atoms with Gasteiger partial charge >= 0.3 is 0 Å². The first-order valence-corrected chi connectivity index (χ1v) is 10.5. The maximum atomic E-state index is 12.9. The minimum atomic E-state index is -2.63. The number of aromatic nitrogens is 6. The topological polar surface area (TPSA) is 102 Å². The predicted molar refractivity (Wildman–Crippen MR) is 113 cm³/mol. The number of nitrogens with one attached hydrogen (secondary N) is 1. The van der Waals surface area contributed by atoms with Crippen LogP contribution in [0.25, 0.3) is 22.4 Å². The molecule has 1 aliphatic rings. The van der Waals surface area contributed by atoms with Crippen molar-refractivity contribution in [2.24, 2.45) is 0 Å². The summed E-state index contributed by atoms with van der Waals surface area (Å²) >= 11 is 0. The van der Waals surface area contributed by atoms with Crippen molar-refractivity contribution in [3.63, 3.8) is 0 Å². The van der Waals surface area contributed by atoms with Crippen LogP contribution in [0.15, 0.2) is 37.1 Å². The van der Waals surface area contributed by atoms with Crippen molar-refractivity contribution in [1.29, 1.82) is 0 Å². The molecule has 11 heteroatoms. The number of alkyl halides is 2. The summed E-state index contributed by atoms with van der Waals surface area (Å²) in [5.41, 5.74) is 1.27. The molecule has 0 bridgehead atoms. The number of anilines is 1. The van der Waals surface area contributed by atoms with Crippen LogP contribution in [0.2, 0.25) is 0 Å². The Morgan fingerprint density at radius 3 is 2.88 bits per heavy atom. The highest BCUT2D eigenvalue weighted by Crippen LogP contribution is 2.33.